The van der Waals surface area contributed by atoms with E-state index in [1.807, 2.05) is 18.2 Å². The first kappa shape index (κ1) is 17.3. The number of halogens is 1. The summed E-state index contributed by atoms with van der Waals surface area (Å²) < 4.78 is 32.0. The molecule has 0 aliphatic heterocycles. The molecule has 20 heavy (non-hydrogen) atoms. The number of hydrogen-bond donors (Lipinski definition) is 0. The molecule has 4 nitrogen and oxygen atoms in total. The Morgan fingerprint density at radius 3 is 2.45 bits per heavy atom. The van der Waals surface area contributed by atoms with E-state index in [1.54, 1.807) is 0 Å². The maximum atomic E-state index is 10.7. The minimum atomic E-state index is -3.48. The van der Waals surface area contributed by atoms with E-state index in [0.717, 1.165) is 5.75 Å². The van der Waals surface area contributed by atoms with Crippen molar-refractivity contribution in [3.05, 3.63) is 29.8 Å². The van der Waals surface area contributed by atoms with Gasteiger partial charge in [0.2, 0.25) is 9.05 Å². The quantitative estimate of drug-likeness (QED) is 0.572. The Labute approximate surface area is 125 Å². The lowest BCUT2D eigenvalue weighted by Gasteiger charge is -2.19. The SMILES string of the molecule is CC(C)(C)c1cccc(OCCOCCS(=O)(=O)Cl)c1. The van der Waals surface area contributed by atoms with Gasteiger partial charge in [-0.15, -0.1) is 0 Å². The fraction of sp³-hybridized carbons (Fsp3) is 0.571. The van der Waals surface area contributed by atoms with E-state index in [9.17, 15) is 8.42 Å². The highest BCUT2D eigenvalue weighted by atomic mass is 35.7. The number of rotatable bonds is 7. The lowest BCUT2D eigenvalue weighted by molar-refractivity contribution is 0.111. The van der Waals surface area contributed by atoms with Crippen molar-refractivity contribution < 1.29 is 17.9 Å². The molecule has 1 rings (SSSR count). The van der Waals surface area contributed by atoms with Crippen LogP contribution in [0.15, 0.2) is 24.3 Å². The molecule has 0 N–H and O–H groups in total. The number of benzene rings is 1. The third-order valence-electron chi connectivity index (χ3n) is 2.67. The smallest absolute Gasteiger partial charge is 0.234 e. The molecule has 0 bridgehead atoms. The predicted octanol–water partition coefficient (Wildman–Crippen LogP) is 2.95. The highest BCUT2D eigenvalue weighted by Crippen LogP contribution is 2.25. The molecule has 1 aromatic rings. The summed E-state index contributed by atoms with van der Waals surface area (Å²) in [5.74, 6) is 0.597. The van der Waals surface area contributed by atoms with Gasteiger partial charge in [-0.2, -0.15) is 0 Å². The third-order valence-corrected chi connectivity index (χ3v) is 3.79. The third kappa shape index (κ3) is 7.12. The van der Waals surface area contributed by atoms with Gasteiger partial charge in [0.1, 0.15) is 12.4 Å². The van der Waals surface area contributed by atoms with E-state index in [1.165, 1.54) is 5.56 Å². The topological polar surface area (TPSA) is 52.6 Å². The average molecular weight is 321 g/mol. The summed E-state index contributed by atoms with van der Waals surface area (Å²) in [6, 6.07) is 7.91. The Morgan fingerprint density at radius 2 is 1.85 bits per heavy atom. The molecule has 0 aromatic heterocycles. The van der Waals surface area contributed by atoms with Gasteiger partial charge in [0.05, 0.1) is 19.0 Å². The molecule has 0 fully saturated rings. The molecule has 6 heteroatoms. The second-order valence-electron chi connectivity index (χ2n) is 5.48. The molecule has 114 valence electrons. The lowest BCUT2D eigenvalue weighted by Crippen LogP contribution is -2.13. The zero-order valence-electron chi connectivity index (χ0n) is 12.1. The van der Waals surface area contributed by atoms with Crippen LogP contribution >= 0.6 is 10.7 Å². The largest absolute Gasteiger partial charge is 0.491 e. The summed E-state index contributed by atoms with van der Waals surface area (Å²) in [5.41, 5.74) is 1.27. The standard InChI is InChI=1S/C14H21ClO4S/c1-14(2,3)12-5-4-6-13(11-12)19-8-7-18-9-10-20(15,16)17/h4-6,11H,7-10H2,1-3H3. The van der Waals surface area contributed by atoms with Crippen LogP contribution in [-0.2, 0) is 19.2 Å². The van der Waals surface area contributed by atoms with Gasteiger partial charge in [-0.05, 0) is 23.1 Å². The molecular weight excluding hydrogens is 300 g/mol. The first-order valence-corrected chi connectivity index (χ1v) is 8.90. The van der Waals surface area contributed by atoms with Gasteiger partial charge in [-0.1, -0.05) is 32.9 Å². The van der Waals surface area contributed by atoms with Crippen molar-refractivity contribution in [1.82, 2.24) is 0 Å². The summed E-state index contributed by atoms with van der Waals surface area (Å²) in [6.45, 7) is 7.20. The Hall–Kier alpha value is -0.780. The molecule has 0 spiro atoms. The second kappa shape index (κ2) is 7.29. The van der Waals surface area contributed by atoms with Gasteiger partial charge < -0.3 is 9.47 Å². The van der Waals surface area contributed by atoms with E-state index in [2.05, 4.69) is 26.8 Å². The van der Waals surface area contributed by atoms with E-state index < -0.39 is 9.05 Å². The molecule has 0 aliphatic carbocycles. The lowest BCUT2D eigenvalue weighted by atomic mass is 9.87. The van der Waals surface area contributed by atoms with Crippen LogP contribution in [0, 0.1) is 0 Å². The monoisotopic (exact) mass is 320 g/mol. The van der Waals surface area contributed by atoms with Crippen molar-refractivity contribution in [3.8, 4) is 5.75 Å². The molecule has 0 unspecified atom stereocenters. The molecule has 0 atom stereocenters. The van der Waals surface area contributed by atoms with Crippen LogP contribution in [0.1, 0.15) is 26.3 Å². The number of ether oxygens (including phenoxy) is 2. The van der Waals surface area contributed by atoms with Gasteiger partial charge in [-0.25, -0.2) is 8.42 Å². The van der Waals surface area contributed by atoms with Crippen LogP contribution in [-0.4, -0.2) is 34.0 Å². The minimum Gasteiger partial charge on any atom is -0.491 e. The first-order chi connectivity index (χ1) is 9.18. The fourth-order valence-electron chi connectivity index (χ4n) is 1.53. The summed E-state index contributed by atoms with van der Waals surface area (Å²) in [7, 11) is 1.58. The van der Waals surface area contributed by atoms with Crippen molar-refractivity contribution in [2.45, 2.75) is 26.2 Å². The van der Waals surface area contributed by atoms with Crippen LogP contribution in [0.2, 0.25) is 0 Å². The van der Waals surface area contributed by atoms with Crippen molar-refractivity contribution in [2.75, 3.05) is 25.6 Å². The molecule has 0 saturated carbocycles. The average Bonchev–Trinajstić information content (AvgIpc) is 2.31. The molecule has 1 aromatic carbocycles. The van der Waals surface area contributed by atoms with Crippen LogP contribution in [0.4, 0.5) is 0 Å². The van der Waals surface area contributed by atoms with Crippen LogP contribution in [0.3, 0.4) is 0 Å². The summed E-state index contributed by atoms with van der Waals surface area (Å²) in [4.78, 5) is 0. The Bertz CT molecular complexity index is 520. The highest BCUT2D eigenvalue weighted by molar-refractivity contribution is 8.13. The summed E-state index contributed by atoms with van der Waals surface area (Å²) in [6.07, 6.45) is 0. The van der Waals surface area contributed by atoms with Crippen LogP contribution in [0.5, 0.6) is 5.75 Å². The normalized spacial score (nSPS) is 12.4. The first-order valence-electron chi connectivity index (χ1n) is 6.42. The van der Waals surface area contributed by atoms with Gasteiger partial charge in [-0.3, -0.25) is 0 Å². The highest BCUT2D eigenvalue weighted by Gasteiger charge is 2.13. The van der Waals surface area contributed by atoms with E-state index in [-0.39, 0.29) is 17.8 Å². The minimum absolute atomic E-state index is 0.0740. The van der Waals surface area contributed by atoms with Crippen molar-refractivity contribution in [3.63, 3.8) is 0 Å². The van der Waals surface area contributed by atoms with E-state index in [0.29, 0.717) is 13.2 Å². The Kier molecular flexibility index (Phi) is 6.30. The molecule has 0 heterocycles. The van der Waals surface area contributed by atoms with E-state index in [4.69, 9.17) is 20.2 Å². The van der Waals surface area contributed by atoms with Crippen LogP contribution < -0.4 is 4.74 Å². The van der Waals surface area contributed by atoms with Gasteiger partial charge >= 0.3 is 0 Å². The molecule has 0 aliphatic rings. The zero-order valence-corrected chi connectivity index (χ0v) is 13.6. The van der Waals surface area contributed by atoms with Crippen molar-refractivity contribution in [2.24, 2.45) is 0 Å². The molecular formula is C14H21ClO4S. The zero-order chi connectivity index (χ0) is 15.2. The van der Waals surface area contributed by atoms with Gasteiger partial charge in [0, 0.05) is 10.7 Å². The van der Waals surface area contributed by atoms with Gasteiger partial charge in [0.25, 0.3) is 0 Å². The summed E-state index contributed by atoms with van der Waals surface area (Å²) >= 11 is 0. The van der Waals surface area contributed by atoms with Crippen molar-refractivity contribution in [1.29, 1.82) is 0 Å². The second-order valence-corrected chi connectivity index (χ2v) is 8.38. The van der Waals surface area contributed by atoms with Gasteiger partial charge in [0.15, 0.2) is 0 Å². The molecule has 0 amide bonds. The Morgan fingerprint density at radius 1 is 1.15 bits per heavy atom. The molecule has 0 radical (unpaired) electrons. The van der Waals surface area contributed by atoms with Crippen molar-refractivity contribution >= 4 is 19.7 Å². The van der Waals surface area contributed by atoms with Crippen LogP contribution in [0.25, 0.3) is 0 Å². The fourth-order valence-corrected chi connectivity index (χ4v) is 2.04. The Balaban J connectivity index is 2.32. The maximum absolute atomic E-state index is 10.7. The molecule has 0 saturated heterocycles. The number of hydrogen-bond acceptors (Lipinski definition) is 4. The maximum Gasteiger partial charge on any atom is 0.234 e. The van der Waals surface area contributed by atoms with E-state index >= 15 is 0 Å². The summed E-state index contributed by atoms with van der Waals surface area (Å²) in [5, 5.41) is 0. The predicted molar refractivity (Wildman–Crippen MR) is 81.1 cm³/mol.